The summed E-state index contributed by atoms with van der Waals surface area (Å²) in [6, 6.07) is 24.5. The molecule has 2 aliphatic heterocycles. The summed E-state index contributed by atoms with van der Waals surface area (Å²) >= 11 is 9.55. The fourth-order valence-electron chi connectivity index (χ4n) is 3.70. The third kappa shape index (κ3) is 3.03. The van der Waals surface area contributed by atoms with Crippen LogP contribution in [-0.4, -0.2) is 10.7 Å². The van der Waals surface area contributed by atoms with Gasteiger partial charge in [0.2, 0.25) is 6.23 Å². The van der Waals surface area contributed by atoms with Crippen molar-refractivity contribution in [3.8, 4) is 5.75 Å². The topological polar surface area (TPSA) is 24.8 Å². The SMILES string of the molecule is Clc1ccc(C2=NN3[C@@H](c4ccc(Br)cc4)Oc4ccccc4[C@@H]3C2)cc1. The van der Waals surface area contributed by atoms with Crippen LogP contribution in [0.5, 0.6) is 5.75 Å². The maximum atomic E-state index is 6.36. The van der Waals surface area contributed by atoms with E-state index in [1.165, 1.54) is 5.56 Å². The van der Waals surface area contributed by atoms with Gasteiger partial charge in [0.1, 0.15) is 5.75 Å². The third-order valence-corrected chi connectivity index (χ3v) is 5.81. The summed E-state index contributed by atoms with van der Waals surface area (Å²) in [5.41, 5.74) is 4.41. The summed E-state index contributed by atoms with van der Waals surface area (Å²) in [6.45, 7) is 0. The lowest BCUT2D eigenvalue weighted by Crippen LogP contribution is -2.33. The predicted molar refractivity (Wildman–Crippen MR) is 111 cm³/mol. The van der Waals surface area contributed by atoms with Gasteiger partial charge < -0.3 is 4.74 Å². The minimum absolute atomic E-state index is 0.161. The molecule has 0 fully saturated rings. The smallest absolute Gasteiger partial charge is 0.213 e. The van der Waals surface area contributed by atoms with Crippen molar-refractivity contribution in [3.05, 3.63) is 99.0 Å². The fourth-order valence-corrected chi connectivity index (χ4v) is 4.09. The highest BCUT2D eigenvalue weighted by Crippen LogP contribution is 2.47. The summed E-state index contributed by atoms with van der Waals surface area (Å²) < 4.78 is 7.40. The molecule has 3 aromatic carbocycles. The minimum atomic E-state index is -0.247. The van der Waals surface area contributed by atoms with Crippen molar-refractivity contribution in [1.29, 1.82) is 0 Å². The van der Waals surface area contributed by atoms with Crippen LogP contribution in [0.15, 0.2) is 82.4 Å². The molecule has 0 radical (unpaired) electrons. The first-order valence-corrected chi connectivity index (χ1v) is 9.99. The number of halogens is 2. The quantitative estimate of drug-likeness (QED) is 0.465. The second-order valence-corrected chi connectivity index (χ2v) is 8.07. The number of ether oxygens (including phenoxy) is 1. The number of hydrazone groups is 1. The van der Waals surface area contributed by atoms with E-state index in [1.807, 2.05) is 48.5 Å². The van der Waals surface area contributed by atoms with Crippen LogP contribution in [0.25, 0.3) is 0 Å². The Morgan fingerprint density at radius 2 is 1.70 bits per heavy atom. The maximum absolute atomic E-state index is 6.36. The Hall–Kier alpha value is -2.30. The largest absolute Gasteiger partial charge is 0.464 e. The average molecular weight is 440 g/mol. The first-order valence-electron chi connectivity index (χ1n) is 8.82. The Labute approximate surface area is 171 Å². The van der Waals surface area contributed by atoms with Gasteiger partial charge in [-0.3, -0.25) is 0 Å². The number of rotatable bonds is 2. The van der Waals surface area contributed by atoms with Gasteiger partial charge in [0.25, 0.3) is 0 Å². The standard InChI is InChI=1S/C22H16BrClN2O/c23-16-9-5-15(6-10-16)22-26-20(18-3-1-2-4-21(18)27-22)13-19(25-26)14-7-11-17(24)12-8-14/h1-12,20,22H,13H2/t20-,22+/m0/s1. The normalized spacial score (nSPS) is 20.5. The number of benzene rings is 3. The van der Waals surface area contributed by atoms with Gasteiger partial charge in [-0.1, -0.05) is 70.0 Å². The molecule has 5 heteroatoms. The van der Waals surface area contributed by atoms with E-state index in [0.717, 1.165) is 38.5 Å². The molecule has 0 aliphatic carbocycles. The Kier molecular flexibility index (Phi) is 4.18. The molecule has 0 saturated carbocycles. The van der Waals surface area contributed by atoms with Gasteiger partial charge in [-0.15, -0.1) is 0 Å². The Bertz CT molecular complexity index is 1020. The molecule has 0 bridgehead atoms. The number of hydrogen-bond acceptors (Lipinski definition) is 3. The van der Waals surface area contributed by atoms with E-state index >= 15 is 0 Å². The van der Waals surface area contributed by atoms with Crippen molar-refractivity contribution in [2.45, 2.75) is 18.7 Å². The summed E-state index contributed by atoms with van der Waals surface area (Å²) in [5.74, 6) is 0.930. The maximum Gasteiger partial charge on any atom is 0.213 e. The molecular weight excluding hydrogens is 424 g/mol. The molecule has 2 aliphatic rings. The second-order valence-electron chi connectivity index (χ2n) is 6.71. The highest BCUT2D eigenvalue weighted by molar-refractivity contribution is 9.10. The number of para-hydroxylation sites is 1. The van der Waals surface area contributed by atoms with Gasteiger partial charge in [0, 0.05) is 27.0 Å². The highest BCUT2D eigenvalue weighted by atomic mass is 79.9. The lowest BCUT2D eigenvalue weighted by molar-refractivity contribution is -0.0190. The average Bonchev–Trinajstić information content (AvgIpc) is 3.14. The van der Waals surface area contributed by atoms with Crippen molar-refractivity contribution in [2.75, 3.05) is 0 Å². The molecule has 2 heterocycles. The van der Waals surface area contributed by atoms with Crippen LogP contribution in [0.3, 0.4) is 0 Å². The predicted octanol–water partition coefficient (Wildman–Crippen LogP) is 6.34. The van der Waals surface area contributed by atoms with Crippen LogP contribution in [0.4, 0.5) is 0 Å². The van der Waals surface area contributed by atoms with Crippen LogP contribution in [-0.2, 0) is 0 Å². The third-order valence-electron chi connectivity index (χ3n) is 5.03. The Morgan fingerprint density at radius 3 is 2.48 bits per heavy atom. The van der Waals surface area contributed by atoms with Crippen LogP contribution in [0, 0.1) is 0 Å². The Balaban J connectivity index is 1.58. The van der Waals surface area contributed by atoms with Crippen molar-refractivity contribution >= 4 is 33.2 Å². The summed E-state index contributed by atoms with van der Waals surface area (Å²) in [4.78, 5) is 0. The van der Waals surface area contributed by atoms with Crippen LogP contribution < -0.4 is 4.74 Å². The van der Waals surface area contributed by atoms with Crippen LogP contribution >= 0.6 is 27.5 Å². The van der Waals surface area contributed by atoms with Gasteiger partial charge >= 0.3 is 0 Å². The monoisotopic (exact) mass is 438 g/mol. The van der Waals surface area contributed by atoms with Crippen molar-refractivity contribution < 1.29 is 4.74 Å². The van der Waals surface area contributed by atoms with Gasteiger partial charge in [0.05, 0.1) is 11.8 Å². The number of hydrogen-bond donors (Lipinski definition) is 0. The van der Waals surface area contributed by atoms with E-state index in [0.29, 0.717) is 0 Å². The van der Waals surface area contributed by atoms with Gasteiger partial charge in [-0.05, 0) is 35.9 Å². The molecule has 3 nitrogen and oxygen atoms in total. The molecule has 0 N–H and O–H groups in total. The highest BCUT2D eigenvalue weighted by Gasteiger charge is 2.40. The van der Waals surface area contributed by atoms with Gasteiger partial charge in [-0.2, -0.15) is 5.10 Å². The molecule has 0 amide bonds. The number of fused-ring (bicyclic) bond motifs is 3. The first kappa shape index (κ1) is 16.8. The molecule has 27 heavy (non-hydrogen) atoms. The molecule has 0 aromatic heterocycles. The van der Waals surface area contributed by atoms with E-state index in [4.69, 9.17) is 21.4 Å². The number of nitrogens with zero attached hydrogens (tertiary/aromatic N) is 2. The van der Waals surface area contributed by atoms with E-state index in [9.17, 15) is 0 Å². The van der Waals surface area contributed by atoms with Gasteiger partial charge in [0.15, 0.2) is 0 Å². The van der Waals surface area contributed by atoms with Gasteiger partial charge in [-0.25, -0.2) is 5.01 Å². The molecule has 3 aromatic rings. The molecule has 5 rings (SSSR count). The molecule has 2 atom stereocenters. The molecular formula is C22H16BrClN2O. The van der Waals surface area contributed by atoms with Crippen molar-refractivity contribution in [1.82, 2.24) is 5.01 Å². The van der Waals surface area contributed by atoms with E-state index in [2.05, 4.69) is 45.2 Å². The zero-order chi connectivity index (χ0) is 18.4. The minimum Gasteiger partial charge on any atom is -0.464 e. The molecule has 0 saturated heterocycles. The molecule has 0 unspecified atom stereocenters. The summed E-state index contributed by atoms with van der Waals surface area (Å²) in [7, 11) is 0. The Morgan fingerprint density at radius 1 is 0.963 bits per heavy atom. The van der Waals surface area contributed by atoms with E-state index < -0.39 is 0 Å². The van der Waals surface area contributed by atoms with Crippen molar-refractivity contribution in [2.24, 2.45) is 5.10 Å². The summed E-state index contributed by atoms with van der Waals surface area (Å²) in [5, 5.41) is 7.78. The fraction of sp³-hybridized carbons (Fsp3) is 0.136. The summed E-state index contributed by atoms with van der Waals surface area (Å²) in [6.07, 6.45) is 0.595. The second kappa shape index (κ2) is 6.70. The molecule has 0 spiro atoms. The zero-order valence-corrected chi connectivity index (χ0v) is 16.7. The lowest BCUT2D eigenvalue weighted by Gasteiger charge is -2.38. The zero-order valence-electron chi connectivity index (χ0n) is 14.3. The first-order chi connectivity index (χ1) is 13.2. The van der Waals surface area contributed by atoms with Crippen LogP contribution in [0.1, 0.15) is 35.4 Å². The van der Waals surface area contributed by atoms with Crippen molar-refractivity contribution in [3.63, 3.8) is 0 Å². The lowest BCUT2D eigenvalue weighted by atomic mass is 9.96. The van der Waals surface area contributed by atoms with E-state index in [-0.39, 0.29) is 12.3 Å². The molecule has 134 valence electrons. The van der Waals surface area contributed by atoms with E-state index in [1.54, 1.807) is 0 Å². The van der Waals surface area contributed by atoms with Crippen LogP contribution in [0.2, 0.25) is 5.02 Å².